The zero-order valence-electron chi connectivity index (χ0n) is 14.3. The van der Waals surface area contributed by atoms with Crippen LogP contribution in [0.15, 0.2) is 24.3 Å². The molecule has 1 atom stereocenters. The van der Waals surface area contributed by atoms with Gasteiger partial charge in [-0.25, -0.2) is 4.79 Å². The highest BCUT2D eigenvalue weighted by Gasteiger charge is 2.36. The van der Waals surface area contributed by atoms with Crippen LogP contribution in [0.5, 0.6) is 0 Å². The predicted molar refractivity (Wildman–Crippen MR) is 90.6 cm³/mol. The van der Waals surface area contributed by atoms with Crippen molar-refractivity contribution in [3.63, 3.8) is 0 Å². The van der Waals surface area contributed by atoms with Gasteiger partial charge in [-0.1, -0.05) is 24.3 Å². The van der Waals surface area contributed by atoms with Crippen LogP contribution in [0.3, 0.4) is 0 Å². The van der Waals surface area contributed by atoms with E-state index in [-0.39, 0.29) is 11.4 Å². The van der Waals surface area contributed by atoms with Crippen LogP contribution >= 0.6 is 0 Å². The van der Waals surface area contributed by atoms with Gasteiger partial charge in [0.05, 0.1) is 6.10 Å². The van der Waals surface area contributed by atoms with E-state index in [9.17, 15) is 9.90 Å². The molecule has 23 heavy (non-hydrogen) atoms. The summed E-state index contributed by atoms with van der Waals surface area (Å²) in [4.78, 5) is 13.8. The lowest BCUT2D eigenvalue weighted by molar-refractivity contribution is 0.0498. The molecule has 0 spiro atoms. The molecule has 0 aromatic heterocycles. The molecule has 0 radical (unpaired) electrons. The third-order valence-electron chi connectivity index (χ3n) is 4.63. The molecule has 5 heteroatoms. The lowest BCUT2D eigenvalue weighted by atomic mass is 9.72. The number of carbonyl (C=O) groups is 1. The van der Waals surface area contributed by atoms with Crippen molar-refractivity contribution in [3.8, 4) is 0 Å². The average molecular weight is 320 g/mol. The Bertz CT molecular complexity index is 525. The molecule has 2 amide bonds. The van der Waals surface area contributed by atoms with Gasteiger partial charge in [0.1, 0.15) is 0 Å². The number of aliphatic hydroxyl groups excluding tert-OH is 1. The number of urea groups is 1. The van der Waals surface area contributed by atoms with Crippen molar-refractivity contribution in [3.05, 3.63) is 35.4 Å². The van der Waals surface area contributed by atoms with Crippen molar-refractivity contribution in [2.24, 2.45) is 0 Å². The van der Waals surface area contributed by atoms with E-state index in [1.807, 2.05) is 6.07 Å². The summed E-state index contributed by atoms with van der Waals surface area (Å²) in [7, 11) is 1.70. The molecule has 0 bridgehead atoms. The van der Waals surface area contributed by atoms with Crippen LogP contribution < -0.4 is 5.32 Å². The normalized spacial score (nSPS) is 18.3. The molecule has 1 aromatic rings. The molecule has 2 rings (SSSR count). The topological polar surface area (TPSA) is 61.8 Å². The molecule has 1 aromatic carbocycles. The molecule has 1 aliphatic rings. The summed E-state index contributed by atoms with van der Waals surface area (Å²) in [6, 6.07) is 8.23. The molecule has 1 aliphatic heterocycles. The number of ether oxygens (including phenoxy) is 1. The second kappa shape index (κ2) is 7.79. The van der Waals surface area contributed by atoms with E-state index in [0.717, 1.165) is 12.8 Å². The fourth-order valence-corrected chi connectivity index (χ4v) is 3.33. The van der Waals surface area contributed by atoms with Gasteiger partial charge in [0, 0.05) is 38.8 Å². The average Bonchev–Trinajstić information content (AvgIpc) is 2.53. The SMILES string of the molecule is Cc1ccccc1C1(CNC(=O)N(C)CC(C)O)CCOCC1. The quantitative estimate of drug-likeness (QED) is 0.873. The van der Waals surface area contributed by atoms with E-state index in [1.165, 1.54) is 16.0 Å². The summed E-state index contributed by atoms with van der Waals surface area (Å²) in [6.07, 6.45) is 1.27. The summed E-state index contributed by atoms with van der Waals surface area (Å²) in [6.45, 7) is 6.14. The molecular weight excluding hydrogens is 292 g/mol. The van der Waals surface area contributed by atoms with Gasteiger partial charge in [-0.2, -0.15) is 0 Å². The predicted octanol–water partition coefficient (Wildman–Crippen LogP) is 2.07. The lowest BCUT2D eigenvalue weighted by Gasteiger charge is -2.39. The molecule has 5 nitrogen and oxygen atoms in total. The van der Waals surface area contributed by atoms with E-state index in [1.54, 1.807) is 14.0 Å². The highest BCUT2D eigenvalue weighted by molar-refractivity contribution is 5.74. The molecule has 128 valence electrons. The second-order valence-corrected chi connectivity index (χ2v) is 6.60. The monoisotopic (exact) mass is 320 g/mol. The van der Waals surface area contributed by atoms with E-state index in [0.29, 0.717) is 26.3 Å². The first kappa shape index (κ1) is 17.8. The van der Waals surface area contributed by atoms with Gasteiger partial charge >= 0.3 is 6.03 Å². The fourth-order valence-electron chi connectivity index (χ4n) is 3.33. The largest absolute Gasteiger partial charge is 0.392 e. The number of rotatable bonds is 5. The van der Waals surface area contributed by atoms with Gasteiger partial charge in [-0.3, -0.25) is 0 Å². The number of amides is 2. The maximum absolute atomic E-state index is 12.3. The number of nitrogens with one attached hydrogen (secondary N) is 1. The summed E-state index contributed by atoms with van der Waals surface area (Å²) in [5.41, 5.74) is 2.47. The van der Waals surface area contributed by atoms with Gasteiger partial charge in [0.2, 0.25) is 0 Å². The maximum atomic E-state index is 12.3. The van der Waals surface area contributed by atoms with Crippen molar-refractivity contribution >= 4 is 6.03 Å². The Balaban J connectivity index is 2.11. The third-order valence-corrected chi connectivity index (χ3v) is 4.63. The fraction of sp³-hybridized carbons (Fsp3) is 0.611. The van der Waals surface area contributed by atoms with Gasteiger partial charge in [-0.05, 0) is 37.8 Å². The summed E-state index contributed by atoms with van der Waals surface area (Å²) in [5.74, 6) is 0. The van der Waals surface area contributed by atoms with Crippen LogP contribution in [0.25, 0.3) is 0 Å². The first-order valence-electron chi connectivity index (χ1n) is 8.25. The number of benzene rings is 1. The Hall–Kier alpha value is -1.59. The minimum atomic E-state index is -0.529. The van der Waals surface area contributed by atoms with E-state index < -0.39 is 6.10 Å². The summed E-state index contributed by atoms with van der Waals surface area (Å²) in [5, 5.41) is 12.5. The molecule has 0 aliphatic carbocycles. The number of carbonyl (C=O) groups excluding carboxylic acids is 1. The van der Waals surface area contributed by atoms with Gasteiger partial charge in [0.15, 0.2) is 0 Å². The second-order valence-electron chi connectivity index (χ2n) is 6.60. The molecule has 1 heterocycles. The Morgan fingerprint density at radius 3 is 2.65 bits per heavy atom. The first-order chi connectivity index (χ1) is 10.9. The highest BCUT2D eigenvalue weighted by atomic mass is 16.5. The number of aryl methyl sites for hydroxylation is 1. The minimum absolute atomic E-state index is 0.0784. The lowest BCUT2D eigenvalue weighted by Crippen LogP contribution is -2.49. The van der Waals surface area contributed by atoms with E-state index in [2.05, 4.69) is 30.4 Å². The van der Waals surface area contributed by atoms with Crippen molar-refractivity contribution < 1.29 is 14.6 Å². The van der Waals surface area contributed by atoms with Crippen molar-refractivity contribution in [2.45, 2.75) is 38.2 Å². The van der Waals surface area contributed by atoms with Crippen LogP contribution in [0.4, 0.5) is 4.79 Å². The van der Waals surface area contributed by atoms with Crippen LogP contribution in [0, 0.1) is 6.92 Å². The molecule has 2 N–H and O–H groups in total. The Kier molecular flexibility index (Phi) is 6.02. The number of likely N-dealkylation sites (N-methyl/N-ethyl adjacent to an activating group) is 1. The van der Waals surface area contributed by atoms with Gasteiger partial charge in [-0.15, -0.1) is 0 Å². The Morgan fingerprint density at radius 1 is 1.39 bits per heavy atom. The number of hydrogen-bond donors (Lipinski definition) is 2. The molecule has 1 saturated heterocycles. The smallest absolute Gasteiger partial charge is 0.317 e. The molecule has 1 unspecified atom stereocenters. The van der Waals surface area contributed by atoms with Gasteiger partial charge in [0.25, 0.3) is 0 Å². The van der Waals surface area contributed by atoms with Crippen LogP contribution in [0.1, 0.15) is 30.9 Å². The summed E-state index contributed by atoms with van der Waals surface area (Å²) >= 11 is 0. The van der Waals surface area contributed by atoms with Crippen molar-refractivity contribution in [1.29, 1.82) is 0 Å². The van der Waals surface area contributed by atoms with Crippen molar-refractivity contribution in [2.75, 3.05) is 33.4 Å². The van der Waals surface area contributed by atoms with E-state index in [4.69, 9.17) is 4.74 Å². The van der Waals surface area contributed by atoms with Crippen LogP contribution in [-0.4, -0.2) is 55.5 Å². The standard InChI is InChI=1S/C18H28N2O3/c1-14-6-4-5-7-16(14)18(8-10-23-11-9-18)13-19-17(22)20(3)12-15(2)21/h4-7,15,21H,8-13H2,1-3H3,(H,19,22). The number of nitrogens with zero attached hydrogens (tertiary/aromatic N) is 1. The number of aliphatic hydroxyl groups is 1. The summed E-state index contributed by atoms with van der Waals surface area (Å²) < 4.78 is 5.54. The molecule has 0 saturated carbocycles. The van der Waals surface area contributed by atoms with Gasteiger partial charge < -0.3 is 20.1 Å². The Labute approximate surface area is 138 Å². The van der Waals surface area contributed by atoms with Crippen molar-refractivity contribution in [1.82, 2.24) is 10.2 Å². The first-order valence-corrected chi connectivity index (χ1v) is 8.25. The maximum Gasteiger partial charge on any atom is 0.317 e. The number of hydrogen-bond acceptors (Lipinski definition) is 3. The Morgan fingerprint density at radius 2 is 2.04 bits per heavy atom. The molecule has 1 fully saturated rings. The zero-order chi connectivity index (χ0) is 16.9. The molecular formula is C18H28N2O3. The van der Waals surface area contributed by atoms with E-state index >= 15 is 0 Å². The zero-order valence-corrected chi connectivity index (χ0v) is 14.3. The third kappa shape index (κ3) is 4.45. The minimum Gasteiger partial charge on any atom is -0.392 e. The van der Waals surface area contributed by atoms with Crippen LogP contribution in [-0.2, 0) is 10.2 Å². The highest BCUT2D eigenvalue weighted by Crippen LogP contribution is 2.36. The van der Waals surface area contributed by atoms with Crippen LogP contribution in [0.2, 0.25) is 0 Å².